The molecule has 2 aromatic rings. The molecular weight excluding hydrogens is 298 g/mol. The van der Waals surface area contributed by atoms with Gasteiger partial charge in [0, 0.05) is 6.20 Å². The molecule has 0 atom stereocenters. The first kappa shape index (κ1) is 13.7. The number of aromatic nitrogens is 1. The van der Waals surface area contributed by atoms with E-state index in [9.17, 15) is 13.6 Å². The van der Waals surface area contributed by atoms with Gasteiger partial charge in [-0.3, -0.25) is 4.90 Å². The van der Waals surface area contributed by atoms with E-state index in [1.807, 2.05) is 0 Å². The molecule has 0 saturated heterocycles. The van der Waals surface area contributed by atoms with E-state index in [2.05, 4.69) is 4.98 Å². The van der Waals surface area contributed by atoms with E-state index in [4.69, 9.17) is 4.74 Å². The first-order valence-corrected chi connectivity index (χ1v) is 7.00. The Morgan fingerprint density at radius 3 is 2.90 bits per heavy atom. The molecule has 0 spiro atoms. The van der Waals surface area contributed by atoms with Crippen LogP contribution in [0.4, 0.5) is 13.6 Å². The molecule has 1 aromatic carbocycles. The first-order chi connectivity index (χ1) is 10.1. The molecule has 21 heavy (non-hydrogen) atoms. The second-order valence-corrected chi connectivity index (χ2v) is 5.30. The number of ether oxygens (including phenoxy) is 1. The van der Waals surface area contributed by atoms with Gasteiger partial charge in [-0.15, -0.1) is 11.3 Å². The zero-order valence-electron chi connectivity index (χ0n) is 10.8. The number of benzene rings is 1. The number of halogens is 2. The Hall–Kier alpha value is -2.28. The molecule has 2 heterocycles. The van der Waals surface area contributed by atoms with E-state index in [0.717, 1.165) is 22.7 Å². The number of nitrogens with zero attached hydrogens (tertiary/aromatic N) is 2. The lowest BCUT2D eigenvalue weighted by Gasteiger charge is -2.20. The third-order valence-electron chi connectivity index (χ3n) is 3.03. The molecule has 7 heteroatoms. The molecule has 108 valence electrons. The van der Waals surface area contributed by atoms with Crippen molar-refractivity contribution >= 4 is 23.5 Å². The van der Waals surface area contributed by atoms with Crippen LogP contribution in [0.15, 0.2) is 29.9 Å². The lowest BCUT2D eigenvalue weighted by atomic mass is 10.2. The van der Waals surface area contributed by atoms with Crippen LogP contribution in [-0.4, -0.2) is 16.0 Å². The fraction of sp³-hybridized carbons (Fsp3) is 0.143. The number of hydrogen-bond donors (Lipinski definition) is 0. The van der Waals surface area contributed by atoms with Crippen LogP contribution in [0.3, 0.4) is 0 Å². The highest BCUT2D eigenvalue weighted by atomic mass is 32.1. The molecule has 1 aliphatic rings. The Balaban J connectivity index is 1.65. The maximum absolute atomic E-state index is 13.4. The molecule has 0 fully saturated rings. The Bertz CT molecular complexity index is 694. The molecule has 0 N–H and O–H groups in total. The highest BCUT2D eigenvalue weighted by Gasteiger charge is 2.20. The predicted molar refractivity (Wildman–Crippen MR) is 73.2 cm³/mol. The number of hydrogen-bond acceptors (Lipinski definition) is 4. The number of rotatable bonds is 2. The van der Waals surface area contributed by atoms with Crippen molar-refractivity contribution in [3.05, 3.63) is 57.7 Å². The minimum absolute atomic E-state index is 0.259. The highest BCUT2D eigenvalue weighted by molar-refractivity contribution is 7.09. The van der Waals surface area contributed by atoms with Crippen LogP contribution in [0.25, 0.3) is 6.08 Å². The lowest BCUT2D eigenvalue weighted by Crippen LogP contribution is -2.27. The molecule has 4 nitrogen and oxygen atoms in total. The molecule has 0 bridgehead atoms. The third kappa shape index (κ3) is 2.78. The molecule has 0 saturated carbocycles. The molecule has 1 aliphatic heterocycles. The fourth-order valence-corrected chi connectivity index (χ4v) is 2.66. The second kappa shape index (κ2) is 5.61. The maximum atomic E-state index is 13.4. The third-order valence-corrected chi connectivity index (χ3v) is 3.87. The predicted octanol–water partition coefficient (Wildman–Crippen LogP) is 3.54. The average molecular weight is 308 g/mol. The van der Waals surface area contributed by atoms with Gasteiger partial charge in [0.1, 0.15) is 18.2 Å². The summed E-state index contributed by atoms with van der Waals surface area (Å²) in [5.74, 6) is -1.47. The zero-order valence-corrected chi connectivity index (χ0v) is 11.6. The van der Waals surface area contributed by atoms with Gasteiger partial charge in [-0.25, -0.2) is 18.6 Å². The largest absolute Gasteiger partial charge is 0.444 e. The summed E-state index contributed by atoms with van der Waals surface area (Å²) < 4.78 is 31.8. The van der Waals surface area contributed by atoms with Crippen molar-refractivity contribution in [1.29, 1.82) is 0 Å². The molecule has 3 rings (SSSR count). The molecular formula is C14H10F2N2O2S. The summed E-state index contributed by atoms with van der Waals surface area (Å²) in [4.78, 5) is 18.3. The molecule has 0 radical (unpaired) electrons. The number of amides is 1. The summed E-state index contributed by atoms with van der Waals surface area (Å²) in [5.41, 5.74) is 2.26. The minimum atomic E-state index is -0.735. The van der Waals surface area contributed by atoms with E-state index in [1.54, 1.807) is 17.8 Å². The SMILES string of the molecule is O=C(OCc1c(F)cccc1F)N1C=Cc2ncsc2C1. The fourth-order valence-electron chi connectivity index (χ4n) is 1.91. The summed E-state index contributed by atoms with van der Waals surface area (Å²) in [6, 6.07) is 3.50. The van der Waals surface area contributed by atoms with Gasteiger partial charge in [-0.05, 0) is 18.2 Å². The Labute approximate surface area is 123 Å². The van der Waals surface area contributed by atoms with Crippen LogP contribution < -0.4 is 0 Å². The van der Waals surface area contributed by atoms with Crippen molar-refractivity contribution in [2.45, 2.75) is 13.2 Å². The summed E-state index contributed by atoms with van der Waals surface area (Å²) in [7, 11) is 0. The van der Waals surface area contributed by atoms with Crippen LogP contribution in [0.2, 0.25) is 0 Å². The van der Waals surface area contributed by atoms with Gasteiger partial charge in [0.05, 0.1) is 28.2 Å². The lowest BCUT2D eigenvalue weighted by molar-refractivity contribution is 0.107. The topological polar surface area (TPSA) is 42.4 Å². The van der Waals surface area contributed by atoms with Crippen LogP contribution in [0.1, 0.15) is 16.1 Å². The number of carbonyl (C=O) groups excluding carboxylic acids is 1. The summed E-state index contributed by atoms with van der Waals surface area (Å²) in [5, 5.41) is 0. The standard InChI is InChI=1S/C14H10F2N2O2S/c15-10-2-1-3-11(16)9(10)7-20-14(19)18-5-4-12-13(6-18)21-8-17-12/h1-5,8H,6-7H2. The van der Waals surface area contributed by atoms with Crippen LogP contribution >= 0.6 is 11.3 Å². The number of carbonyl (C=O) groups is 1. The normalized spacial score (nSPS) is 13.1. The van der Waals surface area contributed by atoms with Gasteiger partial charge >= 0.3 is 6.09 Å². The highest BCUT2D eigenvalue weighted by Crippen LogP contribution is 2.23. The molecule has 0 unspecified atom stereocenters. The van der Waals surface area contributed by atoms with Crippen molar-refractivity contribution < 1.29 is 18.3 Å². The van der Waals surface area contributed by atoms with E-state index in [0.29, 0.717) is 6.54 Å². The smallest absolute Gasteiger partial charge is 0.414 e. The average Bonchev–Trinajstić information content (AvgIpc) is 2.93. The number of thiazole rings is 1. The maximum Gasteiger partial charge on any atom is 0.414 e. The van der Waals surface area contributed by atoms with E-state index >= 15 is 0 Å². The van der Waals surface area contributed by atoms with Gasteiger partial charge < -0.3 is 4.74 Å². The van der Waals surface area contributed by atoms with Crippen molar-refractivity contribution in [2.75, 3.05) is 0 Å². The number of fused-ring (bicyclic) bond motifs is 1. The van der Waals surface area contributed by atoms with E-state index in [1.165, 1.54) is 22.3 Å². The summed E-state index contributed by atoms with van der Waals surface area (Å²) in [6.07, 6.45) is 2.58. The minimum Gasteiger partial charge on any atom is -0.444 e. The van der Waals surface area contributed by atoms with Crippen molar-refractivity contribution in [3.8, 4) is 0 Å². The zero-order chi connectivity index (χ0) is 14.8. The van der Waals surface area contributed by atoms with Gasteiger partial charge in [-0.2, -0.15) is 0 Å². The van der Waals surface area contributed by atoms with Crippen LogP contribution in [0, 0.1) is 11.6 Å². The van der Waals surface area contributed by atoms with E-state index < -0.39 is 24.3 Å². The van der Waals surface area contributed by atoms with Gasteiger partial charge in [0.2, 0.25) is 0 Å². The first-order valence-electron chi connectivity index (χ1n) is 6.12. The Morgan fingerprint density at radius 2 is 2.14 bits per heavy atom. The molecule has 1 aromatic heterocycles. The monoisotopic (exact) mass is 308 g/mol. The Morgan fingerprint density at radius 1 is 1.38 bits per heavy atom. The molecule has 0 aliphatic carbocycles. The van der Waals surface area contributed by atoms with Gasteiger partial charge in [0.25, 0.3) is 0 Å². The van der Waals surface area contributed by atoms with Crippen LogP contribution in [0.5, 0.6) is 0 Å². The summed E-state index contributed by atoms with van der Waals surface area (Å²) in [6.45, 7) is -0.105. The van der Waals surface area contributed by atoms with Crippen molar-refractivity contribution in [1.82, 2.24) is 9.88 Å². The van der Waals surface area contributed by atoms with Gasteiger partial charge in [-0.1, -0.05) is 6.07 Å². The van der Waals surface area contributed by atoms with Crippen LogP contribution in [-0.2, 0) is 17.9 Å². The quantitative estimate of drug-likeness (QED) is 0.852. The van der Waals surface area contributed by atoms with Crippen molar-refractivity contribution in [2.24, 2.45) is 0 Å². The van der Waals surface area contributed by atoms with Gasteiger partial charge in [0.15, 0.2) is 0 Å². The molecule has 1 amide bonds. The van der Waals surface area contributed by atoms with Crippen molar-refractivity contribution in [3.63, 3.8) is 0 Å². The van der Waals surface area contributed by atoms with E-state index in [-0.39, 0.29) is 5.56 Å². The summed E-state index contributed by atoms with van der Waals surface area (Å²) >= 11 is 1.43. The second-order valence-electron chi connectivity index (χ2n) is 4.36. The Kier molecular flexibility index (Phi) is 3.66.